The summed E-state index contributed by atoms with van der Waals surface area (Å²) in [6.45, 7) is 6.33. The fourth-order valence-corrected chi connectivity index (χ4v) is 2.97. The van der Waals surface area contributed by atoms with Crippen molar-refractivity contribution in [2.75, 3.05) is 26.3 Å². The second-order valence-corrected chi connectivity index (χ2v) is 5.31. The zero-order valence-electron chi connectivity index (χ0n) is 10.5. The van der Waals surface area contributed by atoms with Crippen molar-refractivity contribution in [2.45, 2.75) is 38.3 Å². The van der Waals surface area contributed by atoms with Crippen LogP contribution in [-0.2, 0) is 4.74 Å². The van der Waals surface area contributed by atoms with Crippen LogP contribution in [0.3, 0.4) is 0 Å². The lowest BCUT2D eigenvalue weighted by Crippen LogP contribution is -2.43. The third-order valence-electron chi connectivity index (χ3n) is 3.95. The van der Waals surface area contributed by atoms with Gasteiger partial charge in [0.25, 0.3) is 0 Å². The summed E-state index contributed by atoms with van der Waals surface area (Å²) >= 11 is 0. The van der Waals surface area contributed by atoms with Crippen LogP contribution in [0.5, 0.6) is 0 Å². The Morgan fingerprint density at radius 2 is 2.29 bits per heavy atom. The molecule has 17 heavy (non-hydrogen) atoms. The number of ether oxygens (including phenoxy) is 1. The van der Waals surface area contributed by atoms with Gasteiger partial charge in [-0.05, 0) is 38.3 Å². The first kappa shape index (κ1) is 11.2. The maximum Gasteiger partial charge on any atom is 0.0646 e. The first-order valence-corrected chi connectivity index (χ1v) is 6.65. The van der Waals surface area contributed by atoms with Gasteiger partial charge in [0.05, 0.1) is 18.8 Å². The molecular formula is C13H21N3O. The lowest BCUT2D eigenvalue weighted by Gasteiger charge is -2.36. The number of rotatable bonds is 2. The molecule has 2 unspecified atom stereocenters. The second-order valence-electron chi connectivity index (χ2n) is 5.31. The molecule has 0 aliphatic carbocycles. The number of aryl methyl sites for hydroxylation is 1. The average molecular weight is 235 g/mol. The van der Waals surface area contributed by atoms with E-state index in [1.807, 2.05) is 6.20 Å². The van der Waals surface area contributed by atoms with Gasteiger partial charge in [-0.1, -0.05) is 0 Å². The van der Waals surface area contributed by atoms with E-state index in [0.29, 0.717) is 12.1 Å². The Kier molecular flexibility index (Phi) is 3.16. The summed E-state index contributed by atoms with van der Waals surface area (Å²) in [6.07, 6.45) is 7.85. The minimum absolute atomic E-state index is 0.554. The van der Waals surface area contributed by atoms with Gasteiger partial charge < -0.3 is 4.74 Å². The smallest absolute Gasteiger partial charge is 0.0646 e. The number of nitrogens with zero attached hydrogens (tertiary/aromatic N) is 3. The first-order chi connectivity index (χ1) is 8.33. The molecule has 0 aromatic carbocycles. The molecule has 0 bridgehead atoms. The zero-order chi connectivity index (χ0) is 11.7. The maximum absolute atomic E-state index is 5.49. The predicted octanol–water partition coefficient (Wildman–Crippen LogP) is 1.62. The van der Waals surface area contributed by atoms with Gasteiger partial charge in [-0.3, -0.25) is 9.58 Å². The van der Waals surface area contributed by atoms with Crippen LogP contribution in [0.2, 0.25) is 0 Å². The molecule has 2 fully saturated rings. The fourth-order valence-electron chi connectivity index (χ4n) is 2.97. The number of likely N-dealkylation sites (tertiary alicyclic amines) is 1. The highest BCUT2D eigenvalue weighted by atomic mass is 16.5. The highest BCUT2D eigenvalue weighted by Gasteiger charge is 2.29. The quantitative estimate of drug-likeness (QED) is 0.780. The van der Waals surface area contributed by atoms with E-state index in [9.17, 15) is 0 Å². The van der Waals surface area contributed by atoms with Crippen molar-refractivity contribution in [1.29, 1.82) is 0 Å². The van der Waals surface area contributed by atoms with Crippen LogP contribution in [0.4, 0.5) is 0 Å². The zero-order valence-corrected chi connectivity index (χ0v) is 10.5. The summed E-state index contributed by atoms with van der Waals surface area (Å²) in [5, 5.41) is 4.46. The summed E-state index contributed by atoms with van der Waals surface area (Å²) < 4.78 is 7.64. The molecule has 1 aromatic heterocycles. The molecule has 2 aliphatic heterocycles. The Morgan fingerprint density at radius 1 is 1.35 bits per heavy atom. The Balaban J connectivity index is 1.66. The van der Waals surface area contributed by atoms with Crippen LogP contribution < -0.4 is 0 Å². The molecule has 0 spiro atoms. The Bertz CT molecular complexity index is 370. The standard InChI is InChI=1S/C13H21N3O/c1-11-7-14-16(8-11)12-3-2-5-15(9-12)13-4-6-17-10-13/h7-8,12-13H,2-6,9-10H2,1H3. The molecule has 94 valence electrons. The van der Waals surface area contributed by atoms with Gasteiger partial charge in [-0.25, -0.2) is 0 Å². The predicted molar refractivity (Wildman–Crippen MR) is 66.0 cm³/mol. The summed E-state index contributed by atoms with van der Waals surface area (Å²) in [6, 6.07) is 1.20. The molecule has 4 nitrogen and oxygen atoms in total. The van der Waals surface area contributed by atoms with E-state index in [-0.39, 0.29) is 0 Å². The van der Waals surface area contributed by atoms with Gasteiger partial charge >= 0.3 is 0 Å². The summed E-state index contributed by atoms with van der Waals surface area (Å²) in [7, 11) is 0. The van der Waals surface area contributed by atoms with Crippen molar-refractivity contribution in [3.8, 4) is 0 Å². The number of aromatic nitrogens is 2. The summed E-state index contributed by atoms with van der Waals surface area (Å²) in [4.78, 5) is 2.60. The van der Waals surface area contributed by atoms with E-state index in [4.69, 9.17) is 4.74 Å². The summed E-state index contributed by atoms with van der Waals surface area (Å²) in [5.41, 5.74) is 1.26. The van der Waals surface area contributed by atoms with E-state index in [1.54, 1.807) is 0 Å². The molecule has 2 saturated heterocycles. The molecule has 0 radical (unpaired) electrons. The Labute approximate surface area is 103 Å². The van der Waals surface area contributed by atoms with E-state index in [0.717, 1.165) is 19.8 Å². The van der Waals surface area contributed by atoms with Crippen molar-refractivity contribution >= 4 is 0 Å². The average Bonchev–Trinajstić information content (AvgIpc) is 3.00. The van der Waals surface area contributed by atoms with Crippen LogP contribution in [0.15, 0.2) is 12.4 Å². The van der Waals surface area contributed by atoms with E-state index >= 15 is 0 Å². The van der Waals surface area contributed by atoms with Crippen molar-refractivity contribution < 1.29 is 4.74 Å². The molecule has 3 rings (SSSR count). The van der Waals surface area contributed by atoms with E-state index in [2.05, 4.69) is 27.8 Å². The van der Waals surface area contributed by atoms with Crippen LogP contribution in [0.1, 0.15) is 30.9 Å². The third kappa shape index (κ3) is 2.38. The molecule has 4 heteroatoms. The summed E-state index contributed by atoms with van der Waals surface area (Å²) in [5.74, 6) is 0. The van der Waals surface area contributed by atoms with Crippen molar-refractivity contribution in [1.82, 2.24) is 14.7 Å². The molecule has 0 amide bonds. The van der Waals surface area contributed by atoms with Gasteiger partial charge in [-0.2, -0.15) is 5.10 Å². The Hall–Kier alpha value is -0.870. The number of hydrogen-bond donors (Lipinski definition) is 0. The van der Waals surface area contributed by atoms with Crippen LogP contribution >= 0.6 is 0 Å². The molecular weight excluding hydrogens is 214 g/mol. The van der Waals surface area contributed by atoms with Crippen LogP contribution in [-0.4, -0.2) is 47.0 Å². The monoisotopic (exact) mass is 235 g/mol. The van der Waals surface area contributed by atoms with Gasteiger partial charge in [0.2, 0.25) is 0 Å². The van der Waals surface area contributed by atoms with Crippen molar-refractivity contribution in [3.63, 3.8) is 0 Å². The van der Waals surface area contributed by atoms with Crippen molar-refractivity contribution in [2.24, 2.45) is 0 Å². The fraction of sp³-hybridized carbons (Fsp3) is 0.769. The topological polar surface area (TPSA) is 30.3 Å². The van der Waals surface area contributed by atoms with E-state index < -0.39 is 0 Å². The van der Waals surface area contributed by atoms with Crippen LogP contribution in [0, 0.1) is 6.92 Å². The molecule has 1 aromatic rings. The van der Waals surface area contributed by atoms with Crippen molar-refractivity contribution in [3.05, 3.63) is 18.0 Å². The molecule has 3 heterocycles. The first-order valence-electron chi connectivity index (χ1n) is 6.65. The lowest BCUT2D eigenvalue weighted by molar-refractivity contribution is 0.102. The van der Waals surface area contributed by atoms with Crippen LogP contribution in [0.25, 0.3) is 0 Å². The third-order valence-corrected chi connectivity index (χ3v) is 3.95. The number of hydrogen-bond acceptors (Lipinski definition) is 3. The largest absolute Gasteiger partial charge is 0.380 e. The minimum atomic E-state index is 0.554. The van der Waals surface area contributed by atoms with Gasteiger partial charge in [-0.15, -0.1) is 0 Å². The number of piperidine rings is 1. The SMILES string of the molecule is Cc1cnn(C2CCCN(C3CCOC3)C2)c1. The molecule has 0 N–H and O–H groups in total. The molecule has 2 aliphatic rings. The van der Waals surface area contributed by atoms with E-state index in [1.165, 1.54) is 31.4 Å². The maximum atomic E-state index is 5.49. The second kappa shape index (κ2) is 4.78. The Morgan fingerprint density at radius 3 is 3.00 bits per heavy atom. The molecule has 0 saturated carbocycles. The normalized spacial score (nSPS) is 30.9. The van der Waals surface area contributed by atoms with Gasteiger partial charge in [0.15, 0.2) is 0 Å². The van der Waals surface area contributed by atoms with Gasteiger partial charge in [0, 0.05) is 25.4 Å². The lowest BCUT2D eigenvalue weighted by atomic mass is 10.0. The highest BCUT2D eigenvalue weighted by molar-refractivity contribution is 5.01. The highest BCUT2D eigenvalue weighted by Crippen LogP contribution is 2.25. The minimum Gasteiger partial charge on any atom is -0.380 e. The molecule has 2 atom stereocenters. The van der Waals surface area contributed by atoms with Gasteiger partial charge in [0.1, 0.15) is 0 Å².